The van der Waals surface area contributed by atoms with Crippen LogP contribution in [0.3, 0.4) is 0 Å². The van der Waals surface area contributed by atoms with Gasteiger partial charge in [-0.3, -0.25) is 4.90 Å². The molecule has 1 N–H and O–H groups in total. The van der Waals surface area contributed by atoms with E-state index in [1.165, 1.54) is 10.4 Å². The zero-order chi connectivity index (χ0) is 20.9. The van der Waals surface area contributed by atoms with Gasteiger partial charge in [-0.15, -0.1) is 0 Å². The topological polar surface area (TPSA) is 105 Å². The van der Waals surface area contributed by atoms with E-state index in [2.05, 4.69) is 6.07 Å². The van der Waals surface area contributed by atoms with Gasteiger partial charge in [0, 0.05) is 31.2 Å². The lowest BCUT2D eigenvalue weighted by atomic mass is 10.0. The van der Waals surface area contributed by atoms with Gasteiger partial charge in [0.05, 0.1) is 33.8 Å². The van der Waals surface area contributed by atoms with E-state index in [-0.39, 0.29) is 22.5 Å². The number of hydrogen-bond donors (Lipinski definition) is 1. The molecule has 2 heterocycles. The minimum Gasteiger partial charge on any atom is -0.465 e. The SMILES string of the molecule is CC(C)(C)N(C(=O)O)c1cc(C#N)cc(N2CCN3C(CCS3(=O)=O)C2)c1Cl. The maximum absolute atomic E-state index is 12.1. The van der Waals surface area contributed by atoms with Gasteiger partial charge in [0.2, 0.25) is 10.0 Å². The fourth-order valence-electron chi connectivity index (χ4n) is 3.86. The molecule has 1 aromatic rings. The molecule has 0 radical (unpaired) electrons. The highest BCUT2D eigenvalue weighted by Crippen LogP contribution is 2.40. The molecule has 152 valence electrons. The average molecular weight is 427 g/mol. The number of piperazine rings is 1. The summed E-state index contributed by atoms with van der Waals surface area (Å²) in [6.45, 7) is 6.47. The highest BCUT2D eigenvalue weighted by molar-refractivity contribution is 7.89. The molecular weight excluding hydrogens is 404 g/mol. The van der Waals surface area contributed by atoms with Crippen molar-refractivity contribution >= 4 is 39.1 Å². The Morgan fingerprint density at radius 3 is 2.61 bits per heavy atom. The van der Waals surface area contributed by atoms with E-state index < -0.39 is 21.7 Å². The standard InChI is InChI=1S/C18H23ClN4O4S/c1-18(2,3)23(17(24)25)15-9-12(10-20)8-14(16(15)19)21-5-6-22-13(11-21)4-7-28(22,26)27/h8-9,13H,4-7,11H2,1-3H3,(H,24,25). The van der Waals surface area contributed by atoms with Crippen LogP contribution in [0.5, 0.6) is 0 Å². The van der Waals surface area contributed by atoms with Crippen molar-refractivity contribution in [3.63, 3.8) is 0 Å². The number of anilines is 2. The lowest BCUT2D eigenvalue weighted by molar-refractivity contribution is 0.195. The van der Waals surface area contributed by atoms with Gasteiger partial charge >= 0.3 is 6.09 Å². The first-order valence-electron chi connectivity index (χ1n) is 8.97. The Hall–Kier alpha value is -2.02. The number of nitriles is 1. The summed E-state index contributed by atoms with van der Waals surface area (Å²) in [7, 11) is -3.19. The molecule has 2 aliphatic heterocycles. The molecule has 1 amide bonds. The Morgan fingerprint density at radius 2 is 2.04 bits per heavy atom. The molecule has 2 aliphatic rings. The summed E-state index contributed by atoms with van der Waals surface area (Å²) in [6, 6.07) is 5.04. The van der Waals surface area contributed by atoms with Gasteiger partial charge < -0.3 is 10.0 Å². The van der Waals surface area contributed by atoms with Crippen molar-refractivity contribution in [2.75, 3.05) is 35.2 Å². The molecule has 0 bridgehead atoms. The summed E-state index contributed by atoms with van der Waals surface area (Å²) in [5.41, 5.74) is 0.331. The number of hydrogen-bond acceptors (Lipinski definition) is 5. The van der Waals surface area contributed by atoms with Crippen LogP contribution >= 0.6 is 11.6 Å². The fraction of sp³-hybridized carbons (Fsp3) is 0.556. The maximum Gasteiger partial charge on any atom is 0.412 e. The molecule has 0 saturated carbocycles. The summed E-state index contributed by atoms with van der Waals surface area (Å²) in [6.07, 6.45) is -0.619. The van der Waals surface area contributed by atoms with Crippen molar-refractivity contribution in [2.24, 2.45) is 0 Å². The van der Waals surface area contributed by atoms with E-state index in [9.17, 15) is 23.6 Å². The Kier molecular flexibility index (Phi) is 5.25. The minimum absolute atomic E-state index is 0.137. The average Bonchev–Trinajstić information content (AvgIpc) is 2.89. The molecule has 3 rings (SSSR count). The van der Waals surface area contributed by atoms with Crippen LogP contribution in [-0.4, -0.2) is 60.9 Å². The molecular formula is C18H23ClN4O4S. The van der Waals surface area contributed by atoms with Crippen molar-refractivity contribution in [1.82, 2.24) is 4.31 Å². The number of halogens is 1. The summed E-state index contributed by atoms with van der Waals surface area (Å²) in [4.78, 5) is 15.0. The monoisotopic (exact) mass is 426 g/mol. The highest BCUT2D eigenvalue weighted by atomic mass is 35.5. The number of carbonyl (C=O) groups is 1. The van der Waals surface area contributed by atoms with Crippen molar-refractivity contribution < 1.29 is 18.3 Å². The highest BCUT2D eigenvalue weighted by Gasteiger charge is 2.41. The van der Waals surface area contributed by atoms with Gasteiger partial charge in [-0.1, -0.05) is 11.6 Å². The third-order valence-electron chi connectivity index (χ3n) is 5.10. The third kappa shape index (κ3) is 3.64. The van der Waals surface area contributed by atoms with Gasteiger partial charge in [0.25, 0.3) is 0 Å². The van der Waals surface area contributed by atoms with Gasteiger partial charge in [0.1, 0.15) is 0 Å². The van der Waals surface area contributed by atoms with Crippen molar-refractivity contribution in [3.8, 4) is 6.07 Å². The lowest BCUT2D eigenvalue weighted by Crippen LogP contribution is -2.51. The number of rotatable bonds is 2. The molecule has 0 aromatic heterocycles. The van der Waals surface area contributed by atoms with Crippen molar-refractivity contribution in [1.29, 1.82) is 5.26 Å². The number of benzene rings is 1. The maximum atomic E-state index is 12.1. The van der Waals surface area contributed by atoms with E-state index >= 15 is 0 Å². The fourth-order valence-corrected chi connectivity index (χ4v) is 5.97. The predicted molar refractivity (Wildman–Crippen MR) is 108 cm³/mol. The van der Waals surface area contributed by atoms with Crippen molar-refractivity contribution in [2.45, 2.75) is 38.8 Å². The van der Waals surface area contributed by atoms with Crippen LogP contribution in [0.15, 0.2) is 12.1 Å². The van der Waals surface area contributed by atoms with Gasteiger partial charge in [-0.25, -0.2) is 13.2 Å². The largest absolute Gasteiger partial charge is 0.465 e. The lowest BCUT2D eigenvalue weighted by Gasteiger charge is -2.39. The van der Waals surface area contributed by atoms with Crippen LogP contribution in [0, 0.1) is 11.3 Å². The number of sulfonamides is 1. The van der Waals surface area contributed by atoms with Gasteiger partial charge in [-0.05, 0) is 39.3 Å². The van der Waals surface area contributed by atoms with Crippen LogP contribution in [0.25, 0.3) is 0 Å². The normalized spacial score (nSPS) is 21.8. The Balaban J connectivity index is 2.03. The number of nitrogens with zero attached hydrogens (tertiary/aromatic N) is 4. The Morgan fingerprint density at radius 1 is 1.36 bits per heavy atom. The number of fused-ring (bicyclic) bond motifs is 1. The van der Waals surface area contributed by atoms with Crippen molar-refractivity contribution in [3.05, 3.63) is 22.7 Å². The second-order valence-electron chi connectivity index (χ2n) is 8.04. The molecule has 2 saturated heterocycles. The second-order valence-corrected chi connectivity index (χ2v) is 10.5. The molecule has 1 unspecified atom stereocenters. The zero-order valence-electron chi connectivity index (χ0n) is 16.0. The first kappa shape index (κ1) is 20.7. The third-order valence-corrected chi connectivity index (χ3v) is 7.44. The van der Waals surface area contributed by atoms with E-state index in [4.69, 9.17) is 11.6 Å². The summed E-state index contributed by atoms with van der Waals surface area (Å²) < 4.78 is 25.7. The Bertz CT molecular complexity index is 952. The van der Waals surface area contributed by atoms with E-state index in [1.807, 2.05) is 4.90 Å². The summed E-state index contributed by atoms with van der Waals surface area (Å²) in [5, 5.41) is 19.4. The molecule has 0 spiro atoms. The van der Waals surface area contributed by atoms with Crippen LogP contribution in [-0.2, 0) is 10.0 Å². The molecule has 2 fully saturated rings. The van der Waals surface area contributed by atoms with Gasteiger partial charge in [0.15, 0.2) is 0 Å². The van der Waals surface area contributed by atoms with E-state index in [0.29, 0.717) is 37.3 Å². The summed E-state index contributed by atoms with van der Waals surface area (Å²) in [5.74, 6) is 0.138. The minimum atomic E-state index is -3.19. The molecule has 8 nitrogen and oxygen atoms in total. The van der Waals surface area contributed by atoms with Crippen LogP contribution < -0.4 is 9.80 Å². The van der Waals surface area contributed by atoms with E-state index in [1.54, 1.807) is 26.8 Å². The van der Waals surface area contributed by atoms with Crippen LogP contribution in [0.2, 0.25) is 5.02 Å². The van der Waals surface area contributed by atoms with Crippen LogP contribution in [0.1, 0.15) is 32.8 Å². The smallest absolute Gasteiger partial charge is 0.412 e. The predicted octanol–water partition coefficient (Wildman–Crippen LogP) is 2.72. The summed E-state index contributed by atoms with van der Waals surface area (Å²) >= 11 is 6.63. The molecule has 1 atom stereocenters. The zero-order valence-corrected chi connectivity index (χ0v) is 17.6. The molecule has 10 heteroatoms. The van der Waals surface area contributed by atoms with Crippen LogP contribution in [0.4, 0.5) is 16.2 Å². The van der Waals surface area contributed by atoms with E-state index in [0.717, 1.165) is 4.90 Å². The Labute approximate surface area is 169 Å². The number of amides is 1. The molecule has 28 heavy (non-hydrogen) atoms. The second kappa shape index (κ2) is 7.10. The number of carboxylic acid groups (broad SMARTS) is 1. The molecule has 0 aliphatic carbocycles. The first-order valence-corrected chi connectivity index (χ1v) is 11.0. The quantitative estimate of drug-likeness (QED) is 0.779. The molecule has 1 aromatic carbocycles. The first-order chi connectivity index (χ1) is 13.0. The van der Waals surface area contributed by atoms with Gasteiger partial charge in [-0.2, -0.15) is 9.57 Å².